The maximum atomic E-state index is 12.0. The Balaban J connectivity index is 1.59. The zero-order valence-corrected chi connectivity index (χ0v) is 20.4. The SMILES string of the molecule is COc1ccccc1-c1cc(-c2ccccc2)cc2c1OC(Cc1cc(C)ccc1S(=O)(=O)O)C2. The van der Waals surface area contributed by atoms with Crippen molar-refractivity contribution in [3.05, 3.63) is 102 Å². The highest BCUT2D eigenvalue weighted by atomic mass is 32.2. The van der Waals surface area contributed by atoms with Gasteiger partial charge in [0.25, 0.3) is 10.1 Å². The molecule has 1 aliphatic heterocycles. The number of fused-ring (bicyclic) bond motifs is 1. The highest BCUT2D eigenvalue weighted by molar-refractivity contribution is 7.85. The van der Waals surface area contributed by atoms with Crippen LogP contribution < -0.4 is 9.47 Å². The van der Waals surface area contributed by atoms with Gasteiger partial charge >= 0.3 is 0 Å². The van der Waals surface area contributed by atoms with E-state index in [0.29, 0.717) is 18.4 Å². The van der Waals surface area contributed by atoms with Crippen molar-refractivity contribution in [3.63, 3.8) is 0 Å². The van der Waals surface area contributed by atoms with Crippen molar-refractivity contribution in [1.82, 2.24) is 0 Å². The number of para-hydroxylation sites is 1. The van der Waals surface area contributed by atoms with Crippen molar-refractivity contribution in [2.75, 3.05) is 7.11 Å². The summed E-state index contributed by atoms with van der Waals surface area (Å²) in [5.41, 5.74) is 6.56. The Morgan fingerprint density at radius 3 is 2.40 bits per heavy atom. The van der Waals surface area contributed by atoms with Gasteiger partial charge in [-0.15, -0.1) is 0 Å². The third kappa shape index (κ3) is 4.67. The van der Waals surface area contributed by atoms with Crippen molar-refractivity contribution >= 4 is 10.1 Å². The first-order valence-corrected chi connectivity index (χ1v) is 12.9. The second kappa shape index (κ2) is 9.21. The molecule has 4 aromatic carbocycles. The number of benzene rings is 4. The van der Waals surface area contributed by atoms with Gasteiger partial charge < -0.3 is 9.47 Å². The summed E-state index contributed by atoms with van der Waals surface area (Å²) < 4.78 is 45.8. The minimum atomic E-state index is -4.33. The lowest BCUT2D eigenvalue weighted by molar-refractivity contribution is 0.233. The number of hydrogen-bond donors (Lipinski definition) is 1. The molecule has 1 aliphatic rings. The summed E-state index contributed by atoms with van der Waals surface area (Å²) in [6, 6.07) is 27.2. The summed E-state index contributed by atoms with van der Waals surface area (Å²) in [4.78, 5) is -0.0717. The van der Waals surface area contributed by atoms with E-state index in [4.69, 9.17) is 9.47 Å². The van der Waals surface area contributed by atoms with E-state index in [0.717, 1.165) is 44.9 Å². The topological polar surface area (TPSA) is 72.8 Å². The molecule has 1 atom stereocenters. The van der Waals surface area contributed by atoms with Gasteiger partial charge in [0.1, 0.15) is 17.6 Å². The molecular formula is C29H26O5S. The number of methoxy groups -OCH3 is 1. The van der Waals surface area contributed by atoms with Gasteiger partial charge in [0.15, 0.2) is 0 Å². The molecule has 0 aromatic heterocycles. The van der Waals surface area contributed by atoms with Crippen molar-refractivity contribution < 1.29 is 22.4 Å². The molecule has 0 amide bonds. The first-order chi connectivity index (χ1) is 16.8. The largest absolute Gasteiger partial charge is 0.496 e. The quantitative estimate of drug-likeness (QED) is 0.332. The van der Waals surface area contributed by atoms with E-state index in [1.807, 2.05) is 49.4 Å². The van der Waals surface area contributed by atoms with E-state index in [2.05, 4.69) is 24.3 Å². The molecule has 178 valence electrons. The smallest absolute Gasteiger partial charge is 0.294 e. The van der Waals surface area contributed by atoms with Crippen LogP contribution in [0.15, 0.2) is 89.8 Å². The highest BCUT2D eigenvalue weighted by Crippen LogP contribution is 2.45. The Morgan fingerprint density at radius 2 is 1.66 bits per heavy atom. The molecule has 1 N–H and O–H groups in total. The fraction of sp³-hybridized carbons (Fsp3) is 0.172. The Labute approximate surface area is 205 Å². The molecule has 35 heavy (non-hydrogen) atoms. The molecule has 1 heterocycles. The minimum absolute atomic E-state index is 0.0717. The molecule has 0 saturated carbocycles. The van der Waals surface area contributed by atoms with Crippen molar-refractivity contribution in [2.45, 2.75) is 30.8 Å². The van der Waals surface area contributed by atoms with E-state index >= 15 is 0 Å². The van der Waals surface area contributed by atoms with Crippen LogP contribution in [0.1, 0.15) is 16.7 Å². The fourth-order valence-corrected chi connectivity index (χ4v) is 5.49. The first kappa shape index (κ1) is 23.1. The van der Waals surface area contributed by atoms with E-state index in [-0.39, 0.29) is 11.0 Å². The molecule has 1 unspecified atom stereocenters. The van der Waals surface area contributed by atoms with Gasteiger partial charge in [-0.2, -0.15) is 8.42 Å². The van der Waals surface area contributed by atoms with Gasteiger partial charge in [0, 0.05) is 24.0 Å². The van der Waals surface area contributed by atoms with Gasteiger partial charge in [0.2, 0.25) is 0 Å². The first-order valence-electron chi connectivity index (χ1n) is 11.4. The third-order valence-corrected chi connectivity index (χ3v) is 7.30. The lowest BCUT2D eigenvalue weighted by atomic mass is 9.93. The Hall–Kier alpha value is -3.61. The Kier molecular flexibility index (Phi) is 6.09. The predicted molar refractivity (Wildman–Crippen MR) is 137 cm³/mol. The van der Waals surface area contributed by atoms with Crippen molar-refractivity contribution in [3.8, 4) is 33.8 Å². The summed E-state index contributed by atoms with van der Waals surface area (Å²) in [6.45, 7) is 1.90. The van der Waals surface area contributed by atoms with Crippen LogP contribution in [0, 0.1) is 6.92 Å². The van der Waals surface area contributed by atoms with Crippen LogP contribution in [0.25, 0.3) is 22.3 Å². The fourth-order valence-electron chi connectivity index (χ4n) is 4.78. The average Bonchev–Trinajstić information content (AvgIpc) is 3.25. The number of rotatable bonds is 6. The lowest BCUT2D eigenvalue weighted by Crippen LogP contribution is -2.18. The Bertz CT molecular complexity index is 1490. The van der Waals surface area contributed by atoms with E-state index in [9.17, 15) is 13.0 Å². The normalized spacial score (nSPS) is 14.9. The summed E-state index contributed by atoms with van der Waals surface area (Å²) in [5, 5.41) is 0. The van der Waals surface area contributed by atoms with Crippen LogP contribution in [0.3, 0.4) is 0 Å². The van der Waals surface area contributed by atoms with Crippen LogP contribution in [0.2, 0.25) is 0 Å². The average molecular weight is 487 g/mol. The van der Waals surface area contributed by atoms with Crippen molar-refractivity contribution in [2.24, 2.45) is 0 Å². The number of aryl methyl sites for hydroxylation is 1. The third-order valence-electron chi connectivity index (χ3n) is 6.34. The molecule has 0 fully saturated rings. The Morgan fingerprint density at radius 1 is 0.914 bits per heavy atom. The number of ether oxygens (including phenoxy) is 2. The molecule has 4 aromatic rings. The van der Waals surface area contributed by atoms with Crippen LogP contribution in [0.4, 0.5) is 0 Å². The summed E-state index contributed by atoms with van der Waals surface area (Å²) >= 11 is 0. The maximum absolute atomic E-state index is 12.0. The molecule has 0 radical (unpaired) electrons. The maximum Gasteiger partial charge on any atom is 0.294 e. The van der Waals surface area contributed by atoms with Crippen LogP contribution in [0.5, 0.6) is 11.5 Å². The van der Waals surface area contributed by atoms with Gasteiger partial charge in [0.05, 0.1) is 12.0 Å². The van der Waals surface area contributed by atoms with Gasteiger partial charge in [-0.1, -0.05) is 66.2 Å². The minimum Gasteiger partial charge on any atom is -0.496 e. The van der Waals surface area contributed by atoms with Gasteiger partial charge in [-0.05, 0) is 53.4 Å². The van der Waals surface area contributed by atoms with E-state index in [1.165, 1.54) is 6.07 Å². The molecule has 0 aliphatic carbocycles. The lowest BCUT2D eigenvalue weighted by Gasteiger charge is -2.16. The molecular weight excluding hydrogens is 460 g/mol. The zero-order chi connectivity index (χ0) is 24.6. The van der Waals surface area contributed by atoms with Crippen LogP contribution in [-0.2, 0) is 23.0 Å². The van der Waals surface area contributed by atoms with Gasteiger partial charge in [-0.25, -0.2) is 0 Å². The van der Waals surface area contributed by atoms with Crippen molar-refractivity contribution in [1.29, 1.82) is 0 Å². The van der Waals surface area contributed by atoms with E-state index < -0.39 is 10.1 Å². The zero-order valence-electron chi connectivity index (χ0n) is 19.6. The van der Waals surface area contributed by atoms with Crippen LogP contribution in [-0.4, -0.2) is 26.2 Å². The monoisotopic (exact) mass is 486 g/mol. The van der Waals surface area contributed by atoms with E-state index in [1.54, 1.807) is 19.2 Å². The molecule has 0 saturated heterocycles. The molecule has 6 heteroatoms. The highest BCUT2D eigenvalue weighted by Gasteiger charge is 2.29. The molecule has 5 nitrogen and oxygen atoms in total. The molecule has 0 bridgehead atoms. The predicted octanol–water partition coefficient (Wildman–Crippen LogP) is 6.13. The summed E-state index contributed by atoms with van der Waals surface area (Å²) in [5.74, 6) is 1.53. The molecule has 0 spiro atoms. The van der Waals surface area contributed by atoms with Gasteiger partial charge in [-0.3, -0.25) is 4.55 Å². The summed E-state index contributed by atoms with van der Waals surface area (Å²) in [6.07, 6.45) is 0.709. The van der Waals surface area contributed by atoms with Crippen LogP contribution >= 0.6 is 0 Å². The second-order valence-corrected chi connectivity index (χ2v) is 10.2. The summed E-state index contributed by atoms with van der Waals surface area (Å²) in [7, 11) is -2.68. The molecule has 5 rings (SSSR count). The standard InChI is InChI=1S/C29H26O5S/c1-19-12-13-28(35(30,31)32)22(14-19)16-24-17-23-15-21(20-8-4-3-5-9-20)18-26(29(23)34-24)25-10-6-7-11-27(25)33-2/h3-15,18,24H,16-17H2,1-2H3,(H,30,31,32). The number of hydrogen-bond acceptors (Lipinski definition) is 4. The second-order valence-electron chi connectivity index (χ2n) is 8.81.